The summed E-state index contributed by atoms with van der Waals surface area (Å²) in [5, 5.41) is 4.14. The highest BCUT2D eigenvalue weighted by Crippen LogP contribution is 2.18. The van der Waals surface area contributed by atoms with Crippen LogP contribution in [0.15, 0.2) is 48.8 Å². The Bertz CT molecular complexity index is 715. The lowest BCUT2D eigenvalue weighted by Gasteiger charge is -2.31. The summed E-state index contributed by atoms with van der Waals surface area (Å²) in [6, 6.07) is 11.9. The first-order valence-electron chi connectivity index (χ1n) is 9.26. The lowest BCUT2D eigenvalue weighted by atomic mass is 10.1. The fourth-order valence-electron chi connectivity index (χ4n) is 3.40. The van der Waals surface area contributed by atoms with E-state index in [9.17, 15) is 9.59 Å². The number of rotatable bonds is 6. The van der Waals surface area contributed by atoms with E-state index >= 15 is 0 Å². The minimum absolute atomic E-state index is 0.0545. The first kappa shape index (κ1) is 18.2. The van der Waals surface area contributed by atoms with Gasteiger partial charge < -0.3 is 9.80 Å². The molecule has 1 unspecified atom stereocenters. The number of benzene rings is 1. The molecule has 0 spiro atoms. The molecule has 0 aliphatic carbocycles. The quantitative estimate of drug-likeness (QED) is 0.800. The van der Waals surface area contributed by atoms with Crippen LogP contribution in [0.4, 0.5) is 0 Å². The standard InChI is InChI=1S/C20H26N4O2/c1-2-18-16-22(19(25)10-14-23-12-6-11-21-23)13-9-20(26)24(18)15-17-7-4-3-5-8-17/h3-8,11-12,18H,2,9-10,13-16H2,1H3. The Balaban J connectivity index is 1.64. The van der Waals surface area contributed by atoms with Gasteiger partial charge in [0.2, 0.25) is 11.8 Å². The average Bonchev–Trinajstić information content (AvgIpc) is 3.13. The zero-order valence-electron chi connectivity index (χ0n) is 15.3. The number of aromatic nitrogens is 2. The Kier molecular flexibility index (Phi) is 6.04. The second-order valence-electron chi connectivity index (χ2n) is 6.68. The van der Waals surface area contributed by atoms with E-state index in [0.29, 0.717) is 39.0 Å². The predicted molar refractivity (Wildman–Crippen MR) is 99.1 cm³/mol. The van der Waals surface area contributed by atoms with Crippen LogP contribution in [0.1, 0.15) is 31.7 Å². The molecule has 6 heteroatoms. The second-order valence-corrected chi connectivity index (χ2v) is 6.68. The van der Waals surface area contributed by atoms with Gasteiger partial charge in [0.1, 0.15) is 0 Å². The van der Waals surface area contributed by atoms with Crippen molar-refractivity contribution in [2.24, 2.45) is 0 Å². The molecule has 0 radical (unpaired) electrons. The summed E-state index contributed by atoms with van der Waals surface area (Å²) in [6.45, 7) is 4.35. The van der Waals surface area contributed by atoms with Crippen LogP contribution < -0.4 is 0 Å². The molecule has 1 aromatic heterocycles. The number of hydrogen-bond donors (Lipinski definition) is 0. The molecule has 2 aromatic rings. The summed E-state index contributed by atoms with van der Waals surface area (Å²) < 4.78 is 1.76. The zero-order chi connectivity index (χ0) is 18.4. The van der Waals surface area contributed by atoms with Crippen LogP contribution in [-0.4, -0.2) is 50.5 Å². The molecule has 1 aliphatic heterocycles. The average molecular weight is 354 g/mol. The van der Waals surface area contributed by atoms with Crippen LogP contribution in [0.5, 0.6) is 0 Å². The van der Waals surface area contributed by atoms with E-state index in [1.54, 1.807) is 10.9 Å². The molecule has 2 amide bonds. The highest BCUT2D eigenvalue weighted by atomic mass is 16.2. The van der Waals surface area contributed by atoms with Crippen molar-refractivity contribution in [1.29, 1.82) is 0 Å². The maximum absolute atomic E-state index is 12.7. The van der Waals surface area contributed by atoms with Crippen molar-refractivity contribution >= 4 is 11.8 Å². The van der Waals surface area contributed by atoms with Crippen LogP contribution >= 0.6 is 0 Å². The summed E-state index contributed by atoms with van der Waals surface area (Å²) in [6.07, 6.45) is 5.20. The smallest absolute Gasteiger partial charge is 0.224 e. The van der Waals surface area contributed by atoms with Crippen molar-refractivity contribution in [1.82, 2.24) is 19.6 Å². The van der Waals surface area contributed by atoms with Crippen molar-refractivity contribution in [3.63, 3.8) is 0 Å². The Hall–Kier alpha value is -2.63. The van der Waals surface area contributed by atoms with Gasteiger partial charge in [-0.15, -0.1) is 0 Å². The van der Waals surface area contributed by atoms with E-state index in [2.05, 4.69) is 12.0 Å². The molecule has 2 heterocycles. The van der Waals surface area contributed by atoms with E-state index < -0.39 is 0 Å². The first-order chi connectivity index (χ1) is 12.7. The van der Waals surface area contributed by atoms with E-state index in [1.807, 2.05) is 52.4 Å². The summed E-state index contributed by atoms with van der Waals surface area (Å²) in [7, 11) is 0. The molecule has 1 aliphatic rings. The third-order valence-electron chi connectivity index (χ3n) is 4.92. The van der Waals surface area contributed by atoms with Gasteiger partial charge in [0, 0.05) is 57.5 Å². The molecule has 1 atom stereocenters. The SMILES string of the molecule is CCC1CN(C(=O)CCn2cccn2)CCC(=O)N1Cc1ccccc1. The molecule has 1 aromatic carbocycles. The topological polar surface area (TPSA) is 58.4 Å². The van der Waals surface area contributed by atoms with Crippen LogP contribution in [0.3, 0.4) is 0 Å². The Morgan fingerprint density at radius 3 is 2.73 bits per heavy atom. The Morgan fingerprint density at radius 2 is 2.04 bits per heavy atom. The molecular formula is C20H26N4O2. The highest BCUT2D eigenvalue weighted by molar-refractivity contribution is 5.80. The van der Waals surface area contributed by atoms with E-state index in [0.717, 1.165) is 12.0 Å². The highest BCUT2D eigenvalue weighted by Gasteiger charge is 2.30. The molecule has 1 saturated heterocycles. The minimum Gasteiger partial charge on any atom is -0.340 e. The number of nitrogens with zero attached hydrogens (tertiary/aromatic N) is 4. The number of carbonyl (C=O) groups is 2. The first-order valence-corrected chi connectivity index (χ1v) is 9.26. The van der Waals surface area contributed by atoms with Crippen LogP contribution in [0, 0.1) is 0 Å². The van der Waals surface area contributed by atoms with Gasteiger partial charge in [-0.25, -0.2) is 0 Å². The molecule has 3 rings (SSSR count). The summed E-state index contributed by atoms with van der Waals surface area (Å²) in [5.74, 6) is 0.219. The van der Waals surface area contributed by atoms with Crippen molar-refractivity contribution in [2.45, 2.75) is 45.3 Å². The lowest BCUT2D eigenvalue weighted by molar-refractivity contribution is -0.133. The molecule has 138 valence electrons. The van der Waals surface area contributed by atoms with E-state index in [-0.39, 0.29) is 17.9 Å². The monoisotopic (exact) mass is 354 g/mol. The van der Waals surface area contributed by atoms with E-state index in [4.69, 9.17) is 0 Å². The number of amides is 2. The van der Waals surface area contributed by atoms with Crippen molar-refractivity contribution in [3.8, 4) is 0 Å². The Morgan fingerprint density at radius 1 is 1.23 bits per heavy atom. The lowest BCUT2D eigenvalue weighted by Crippen LogP contribution is -2.43. The molecule has 0 saturated carbocycles. The molecule has 0 bridgehead atoms. The molecule has 6 nitrogen and oxygen atoms in total. The number of carbonyl (C=O) groups excluding carboxylic acids is 2. The van der Waals surface area contributed by atoms with Crippen molar-refractivity contribution < 1.29 is 9.59 Å². The molecule has 0 N–H and O–H groups in total. The summed E-state index contributed by atoms with van der Waals surface area (Å²) in [5.41, 5.74) is 1.12. The zero-order valence-corrected chi connectivity index (χ0v) is 15.3. The van der Waals surface area contributed by atoms with Crippen LogP contribution in [0.2, 0.25) is 0 Å². The number of aryl methyl sites for hydroxylation is 1. The predicted octanol–water partition coefficient (Wildman–Crippen LogP) is 2.31. The van der Waals surface area contributed by atoms with Gasteiger partial charge in [-0.3, -0.25) is 14.3 Å². The largest absolute Gasteiger partial charge is 0.340 e. The summed E-state index contributed by atoms with van der Waals surface area (Å²) >= 11 is 0. The van der Waals surface area contributed by atoms with Gasteiger partial charge >= 0.3 is 0 Å². The third-order valence-corrected chi connectivity index (χ3v) is 4.92. The molecule has 26 heavy (non-hydrogen) atoms. The molecule has 1 fully saturated rings. The maximum atomic E-state index is 12.7. The fraction of sp³-hybridized carbons (Fsp3) is 0.450. The maximum Gasteiger partial charge on any atom is 0.224 e. The van der Waals surface area contributed by atoms with Gasteiger partial charge in [-0.2, -0.15) is 5.10 Å². The fourth-order valence-corrected chi connectivity index (χ4v) is 3.40. The van der Waals surface area contributed by atoms with Crippen molar-refractivity contribution in [2.75, 3.05) is 13.1 Å². The minimum atomic E-state index is 0.0545. The van der Waals surface area contributed by atoms with Gasteiger partial charge in [0.05, 0.1) is 0 Å². The van der Waals surface area contributed by atoms with Gasteiger partial charge in [-0.05, 0) is 18.1 Å². The van der Waals surface area contributed by atoms with Gasteiger partial charge in [0.25, 0.3) is 0 Å². The second kappa shape index (κ2) is 8.65. The van der Waals surface area contributed by atoms with E-state index in [1.165, 1.54) is 0 Å². The van der Waals surface area contributed by atoms with Crippen LogP contribution in [0.25, 0.3) is 0 Å². The third kappa shape index (κ3) is 4.50. The van der Waals surface area contributed by atoms with Crippen molar-refractivity contribution in [3.05, 3.63) is 54.4 Å². The Labute approximate surface area is 154 Å². The van der Waals surface area contributed by atoms with Gasteiger partial charge in [0.15, 0.2) is 0 Å². The number of hydrogen-bond acceptors (Lipinski definition) is 3. The van der Waals surface area contributed by atoms with Crippen LogP contribution in [-0.2, 0) is 22.7 Å². The molecular weight excluding hydrogens is 328 g/mol. The van der Waals surface area contributed by atoms with Gasteiger partial charge in [-0.1, -0.05) is 37.3 Å². The summed E-state index contributed by atoms with van der Waals surface area (Å²) in [4.78, 5) is 29.1. The normalized spacial score (nSPS) is 18.0.